The summed E-state index contributed by atoms with van der Waals surface area (Å²) in [5.74, 6) is 0. The molecule has 0 atom stereocenters. The Bertz CT molecular complexity index is 280. The van der Waals surface area contributed by atoms with Crippen molar-refractivity contribution in [1.82, 2.24) is 15.5 Å². The van der Waals surface area contributed by atoms with Crippen LogP contribution in [0.5, 0.6) is 0 Å². The van der Waals surface area contributed by atoms with E-state index in [9.17, 15) is 0 Å². The van der Waals surface area contributed by atoms with Crippen molar-refractivity contribution in [2.75, 3.05) is 0 Å². The van der Waals surface area contributed by atoms with Gasteiger partial charge in [-0.2, -0.15) is 5.10 Å². The minimum atomic E-state index is 0.563. The molecule has 0 unspecified atom stereocenters. The van der Waals surface area contributed by atoms with E-state index in [1.807, 2.05) is 12.4 Å². The number of hydrogen-bond acceptors (Lipinski definition) is 2. The lowest BCUT2D eigenvalue weighted by Crippen LogP contribution is -2.35. The first-order valence-corrected chi connectivity index (χ1v) is 5.87. The maximum atomic E-state index is 3.94. The van der Waals surface area contributed by atoms with Crippen LogP contribution in [0, 0.1) is 5.41 Å². The second kappa shape index (κ2) is 4.35. The topological polar surface area (TPSA) is 40.7 Å². The molecule has 2 N–H and O–H groups in total. The largest absolute Gasteiger partial charge is 0.310 e. The Hall–Kier alpha value is -0.830. The van der Waals surface area contributed by atoms with Gasteiger partial charge < -0.3 is 5.32 Å². The first-order valence-electron chi connectivity index (χ1n) is 5.87. The molecule has 84 valence electrons. The fraction of sp³-hybridized carbons (Fsp3) is 0.750. The van der Waals surface area contributed by atoms with Gasteiger partial charge in [0.25, 0.3) is 0 Å². The number of nitrogens with zero attached hydrogens (tertiary/aromatic N) is 1. The minimum absolute atomic E-state index is 0.563. The summed E-state index contributed by atoms with van der Waals surface area (Å²) in [6.45, 7) is 5.69. The highest BCUT2D eigenvalue weighted by Crippen LogP contribution is 2.34. The third-order valence-corrected chi connectivity index (χ3v) is 3.49. The second-order valence-corrected chi connectivity index (χ2v) is 5.43. The summed E-state index contributed by atoms with van der Waals surface area (Å²) in [6, 6.07) is 0.702. The highest BCUT2D eigenvalue weighted by Gasteiger charge is 2.26. The Morgan fingerprint density at radius 1 is 1.47 bits per heavy atom. The molecule has 1 heterocycles. The van der Waals surface area contributed by atoms with Crippen molar-refractivity contribution in [2.24, 2.45) is 5.41 Å². The van der Waals surface area contributed by atoms with Gasteiger partial charge in [-0.3, -0.25) is 5.10 Å². The Kier molecular flexibility index (Phi) is 3.10. The summed E-state index contributed by atoms with van der Waals surface area (Å²) in [7, 11) is 0. The van der Waals surface area contributed by atoms with Crippen molar-refractivity contribution in [2.45, 2.75) is 52.1 Å². The molecule has 0 saturated heterocycles. The summed E-state index contributed by atoms with van der Waals surface area (Å²) in [5, 5.41) is 10.4. The zero-order valence-corrected chi connectivity index (χ0v) is 9.71. The Morgan fingerprint density at radius 2 is 2.20 bits per heavy atom. The zero-order valence-electron chi connectivity index (χ0n) is 9.71. The van der Waals surface area contributed by atoms with Gasteiger partial charge in [0.15, 0.2) is 0 Å². The van der Waals surface area contributed by atoms with Crippen LogP contribution >= 0.6 is 0 Å². The van der Waals surface area contributed by atoms with Gasteiger partial charge in [0.1, 0.15) is 0 Å². The number of aromatic amines is 1. The number of nitrogens with one attached hydrogen (secondary N) is 2. The number of aromatic nitrogens is 2. The zero-order chi connectivity index (χ0) is 10.7. The SMILES string of the molecule is CC1(C)CCC(NCc2cn[nH]c2)CC1. The number of H-pyrrole nitrogens is 1. The molecule has 1 aromatic heterocycles. The van der Waals surface area contributed by atoms with Gasteiger partial charge in [0.05, 0.1) is 6.20 Å². The average Bonchev–Trinajstić information content (AvgIpc) is 2.69. The summed E-state index contributed by atoms with van der Waals surface area (Å²) in [4.78, 5) is 0. The molecule has 0 aromatic carbocycles. The van der Waals surface area contributed by atoms with E-state index >= 15 is 0 Å². The van der Waals surface area contributed by atoms with E-state index in [-0.39, 0.29) is 0 Å². The molecule has 1 aromatic rings. The van der Waals surface area contributed by atoms with Gasteiger partial charge in [-0.25, -0.2) is 0 Å². The lowest BCUT2D eigenvalue weighted by atomic mass is 9.75. The van der Waals surface area contributed by atoms with Crippen LogP contribution < -0.4 is 5.32 Å². The second-order valence-electron chi connectivity index (χ2n) is 5.43. The maximum Gasteiger partial charge on any atom is 0.0532 e. The van der Waals surface area contributed by atoms with E-state index in [1.54, 1.807) is 0 Å². The number of hydrogen-bond donors (Lipinski definition) is 2. The smallest absolute Gasteiger partial charge is 0.0532 e. The lowest BCUT2D eigenvalue weighted by molar-refractivity contribution is 0.206. The molecule has 0 amide bonds. The monoisotopic (exact) mass is 207 g/mol. The minimum Gasteiger partial charge on any atom is -0.310 e. The fourth-order valence-electron chi connectivity index (χ4n) is 2.24. The summed E-state index contributed by atoms with van der Waals surface area (Å²) < 4.78 is 0. The molecule has 1 aliphatic carbocycles. The molecule has 3 heteroatoms. The first kappa shape index (κ1) is 10.7. The van der Waals surface area contributed by atoms with Crippen molar-refractivity contribution in [3.63, 3.8) is 0 Å². The molecule has 0 bridgehead atoms. The normalized spacial score (nSPS) is 21.7. The highest BCUT2D eigenvalue weighted by molar-refractivity contribution is 5.02. The molecule has 3 nitrogen and oxygen atoms in total. The van der Waals surface area contributed by atoms with Crippen LogP contribution in [0.3, 0.4) is 0 Å². The van der Waals surface area contributed by atoms with Crippen LogP contribution in [0.15, 0.2) is 12.4 Å². The highest BCUT2D eigenvalue weighted by atomic mass is 15.1. The van der Waals surface area contributed by atoms with E-state index < -0.39 is 0 Å². The molecule has 0 aliphatic heterocycles. The van der Waals surface area contributed by atoms with Gasteiger partial charge in [0, 0.05) is 24.3 Å². The maximum absolute atomic E-state index is 3.94. The quantitative estimate of drug-likeness (QED) is 0.799. The molecule has 1 aliphatic rings. The fourth-order valence-corrected chi connectivity index (χ4v) is 2.24. The van der Waals surface area contributed by atoms with E-state index in [1.165, 1.54) is 31.2 Å². The first-order chi connectivity index (χ1) is 7.16. The van der Waals surface area contributed by atoms with Crippen molar-refractivity contribution >= 4 is 0 Å². The van der Waals surface area contributed by atoms with Crippen LogP contribution in [0.25, 0.3) is 0 Å². The van der Waals surface area contributed by atoms with E-state index in [2.05, 4.69) is 29.4 Å². The predicted octanol–water partition coefficient (Wildman–Crippen LogP) is 2.47. The molecule has 1 fully saturated rings. The van der Waals surface area contributed by atoms with Gasteiger partial charge in [-0.1, -0.05) is 13.8 Å². The third kappa shape index (κ3) is 3.06. The van der Waals surface area contributed by atoms with E-state index in [0.717, 1.165) is 6.54 Å². The molecular weight excluding hydrogens is 186 g/mol. The molecule has 0 spiro atoms. The van der Waals surface area contributed by atoms with Crippen molar-refractivity contribution in [3.05, 3.63) is 18.0 Å². The molecule has 1 saturated carbocycles. The van der Waals surface area contributed by atoms with Crippen LogP contribution in [0.2, 0.25) is 0 Å². The van der Waals surface area contributed by atoms with Crippen molar-refractivity contribution in [1.29, 1.82) is 0 Å². The van der Waals surface area contributed by atoms with Gasteiger partial charge in [-0.15, -0.1) is 0 Å². The number of rotatable bonds is 3. The van der Waals surface area contributed by atoms with Gasteiger partial charge in [-0.05, 0) is 31.1 Å². The third-order valence-electron chi connectivity index (χ3n) is 3.49. The molecular formula is C12H21N3. The standard InChI is InChI=1S/C12H21N3/c1-12(2)5-3-11(4-6-12)13-7-10-8-14-15-9-10/h8-9,11,13H,3-7H2,1-2H3,(H,14,15). The van der Waals surface area contributed by atoms with Crippen LogP contribution in [0.4, 0.5) is 0 Å². The molecule has 15 heavy (non-hydrogen) atoms. The molecule has 2 rings (SSSR count). The van der Waals surface area contributed by atoms with Gasteiger partial charge in [0.2, 0.25) is 0 Å². The van der Waals surface area contributed by atoms with Crippen LogP contribution in [-0.4, -0.2) is 16.2 Å². The predicted molar refractivity (Wildman–Crippen MR) is 61.5 cm³/mol. The molecule has 0 radical (unpaired) electrons. The lowest BCUT2D eigenvalue weighted by Gasteiger charge is -2.34. The van der Waals surface area contributed by atoms with Crippen molar-refractivity contribution < 1.29 is 0 Å². The summed E-state index contributed by atoms with van der Waals surface area (Å²) in [6.07, 6.45) is 9.15. The summed E-state index contributed by atoms with van der Waals surface area (Å²) in [5.41, 5.74) is 1.81. The van der Waals surface area contributed by atoms with Crippen molar-refractivity contribution in [3.8, 4) is 0 Å². The van der Waals surface area contributed by atoms with Crippen LogP contribution in [-0.2, 0) is 6.54 Å². The van der Waals surface area contributed by atoms with E-state index in [0.29, 0.717) is 11.5 Å². The van der Waals surface area contributed by atoms with E-state index in [4.69, 9.17) is 0 Å². The average molecular weight is 207 g/mol. The Labute approximate surface area is 91.7 Å². The summed E-state index contributed by atoms with van der Waals surface area (Å²) >= 11 is 0. The van der Waals surface area contributed by atoms with Gasteiger partial charge >= 0.3 is 0 Å². The Morgan fingerprint density at radius 3 is 2.80 bits per heavy atom. The Balaban J connectivity index is 1.73. The van der Waals surface area contributed by atoms with Crippen LogP contribution in [0.1, 0.15) is 45.1 Å².